The zero-order valence-corrected chi connectivity index (χ0v) is 16.3. The van der Waals surface area contributed by atoms with Gasteiger partial charge in [-0.3, -0.25) is 9.69 Å². The van der Waals surface area contributed by atoms with Gasteiger partial charge in [-0.1, -0.05) is 0 Å². The summed E-state index contributed by atoms with van der Waals surface area (Å²) in [5, 5.41) is 15.0. The standard InChI is InChI=1S/C17H26N8OS/c26-16(12-25-13-20-21-22-25)18-9-14-3-7-23(8-4-14)11-15-10-19-17(27-15)24-5-1-2-6-24/h10,13-14H,1-9,11-12H2,(H,18,26). The first-order chi connectivity index (χ1) is 13.3. The fraction of sp³-hybridized carbons (Fsp3) is 0.706. The molecule has 10 heteroatoms. The van der Waals surface area contributed by atoms with E-state index in [9.17, 15) is 4.79 Å². The topological polar surface area (TPSA) is 92.1 Å². The molecule has 0 unspecified atom stereocenters. The van der Waals surface area contributed by atoms with Gasteiger partial charge < -0.3 is 10.2 Å². The number of nitrogens with one attached hydrogen (secondary N) is 1. The predicted octanol–water partition coefficient (Wildman–Crippen LogP) is 0.758. The second-order valence-corrected chi connectivity index (χ2v) is 8.43. The van der Waals surface area contributed by atoms with Crippen molar-refractivity contribution in [3.63, 3.8) is 0 Å². The summed E-state index contributed by atoms with van der Waals surface area (Å²) in [6.07, 6.45) is 8.30. The lowest BCUT2D eigenvalue weighted by Gasteiger charge is -2.31. The number of nitrogens with zero attached hydrogens (tertiary/aromatic N) is 7. The van der Waals surface area contributed by atoms with E-state index in [0.29, 0.717) is 5.92 Å². The molecule has 2 saturated heterocycles. The fourth-order valence-corrected chi connectivity index (χ4v) is 4.71. The van der Waals surface area contributed by atoms with E-state index in [2.05, 4.69) is 35.6 Å². The van der Waals surface area contributed by atoms with Crippen LogP contribution in [0.25, 0.3) is 0 Å². The SMILES string of the molecule is O=C(Cn1cnnn1)NCC1CCN(Cc2cnc(N3CCCC3)s2)CC1. The molecule has 0 saturated carbocycles. The van der Waals surface area contributed by atoms with Crippen LogP contribution in [0, 0.1) is 5.92 Å². The van der Waals surface area contributed by atoms with Crippen LogP contribution in [-0.2, 0) is 17.9 Å². The van der Waals surface area contributed by atoms with Crippen LogP contribution in [0.5, 0.6) is 0 Å². The average Bonchev–Trinajstić information content (AvgIpc) is 3.43. The number of likely N-dealkylation sites (tertiary alicyclic amines) is 1. The molecule has 0 spiro atoms. The molecule has 2 aromatic heterocycles. The minimum Gasteiger partial charge on any atom is -0.354 e. The van der Waals surface area contributed by atoms with Crippen LogP contribution in [0.2, 0.25) is 0 Å². The maximum atomic E-state index is 11.9. The van der Waals surface area contributed by atoms with E-state index in [4.69, 9.17) is 0 Å². The molecule has 2 aliphatic rings. The predicted molar refractivity (Wildman–Crippen MR) is 102 cm³/mol. The lowest BCUT2D eigenvalue weighted by atomic mass is 9.97. The Bertz CT molecular complexity index is 719. The Morgan fingerprint density at radius 3 is 2.78 bits per heavy atom. The average molecular weight is 391 g/mol. The highest BCUT2D eigenvalue weighted by molar-refractivity contribution is 7.15. The van der Waals surface area contributed by atoms with Gasteiger partial charge in [0, 0.05) is 37.3 Å². The van der Waals surface area contributed by atoms with Crippen molar-refractivity contribution in [3.8, 4) is 0 Å². The number of tetrazole rings is 1. The first kappa shape index (κ1) is 18.3. The number of piperidine rings is 1. The molecule has 27 heavy (non-hydrogen) atoms. The molecular weight excluding hydrogens is 364 g/mol. The maximum Gasteiger partial charge on any atom is 0.241 e. The zero-order valence-electron chi connectivity index (χ0n) is 15.5. The number of amides is 1. The third-order valence-electron chi connectivity index (χ3n) is 5.29. The first-order valence-electron chi connectivity index (χ1n) is 9.66. The van der Waals surface area contributed by atoms with E-state index in [-0.39, 0.29) is 12.5 Å². The smallest absolute Gasteiger partial charge is 0.241 e. The number of hydrogen-bond donors (Lipinski definition) is 1. The number of thiazole rings is 1. The normalized spacial score (nSPS) is 18.9. The van der Waals surface area contributed by atoms with Crippen molar-refractivity contribution in [1.82, 2.24) is 35.4 Å². The number of aromatic nitrogens is 5. The molecule has 0 radical (unpaired) electrons. The molecule has 2 fully saturated rings. The molecule has 0 aromatic carbocycles. The second-order valence-electron chi connectivity index (χ2n) is 7.33. The van der Waals surface area contributed by atoms with Crippen molar-refractivity contribution in [2.75, 3.05) is 37.6 Å². The van der Waals surface area contributed by atoms with E-state index < -0.39 is 0 Å². The summed E-state index contributed by atoms with van der Waals surface area (Å²) in [5.41, 5.74) is 0. The van der Waals surface area contributed by atoms with Crippen LogP contribution >= 0.6 is 11.3 Å². The molecule has 2 aliphatic heterocycles. The van der Waals surface area contributed by atoms with E-state index in [1.807, 2.05) is 17.5 Å². The summed E-state index contributed by atoms with van der Waals surface area (Å²) in [4.78, 5) is 22.8. The first-order valence-corrected chi connectivity index (χ1v) is 10.5. The Kier molecular flexibility index (Phi) is 5.93. The largest absolute Gasteiger partial charge is 0.354 e. The number of hydrogen-bond acceptors (Lipinski definition) is 8. The minimum absolute atomic E-state index is 0.0381. The Morgan fingerprint density at radius 1 is 1.22 bits per heavy atom. The van der Waals surface area contributed by atoms with Crippen LogP contribution in [0.15, 0.2) is 12.5 Å². The van der Waals surface area contributed by atoms with Crippen molar-refractivity contribution < 1.29 is 4.79 Å². The third kappa shape index (κ3) is 5.01. The Labute approximate surface area is 162 Å². The van der Waals surface area contributed by atoms with Crippen LogP contribution in [-0.4, -0.2) is 68.7 Å². The molecule has 9 nitrogen and oxygen atoms in total. The van der Waals surface area contributed by atoms with Crippen LogP contribution < -0.4 is 10.2 Å². The third-order valence-corrected chi connectivity index (χ3v) is 6.33. The maximum absolute atomic E-state index is 11.9. The lowest BCUT2D eigenvalue weighted by molar-refractivity contribution is -0.122. The molecule has 1 amide bonds. The number of anilines is 1. The molecule has 1 N–H and O–H groups in total. The van der Waals surface area contributed by atoms with Crippen molar-refractivity contribution in [3.05, 3.63) is 17.4 Å². The molecule has 146 valence electrons. The summed E-state index contributed by atoms with van der Waals surface area (Å²) < 4.78 is 1.43. The van der Waals surface area contributed by atoms with Crippen LogP contribution in [0.3, 0.4) is 0 Å². The van der Waals surface area contributed by atoms with Gasteiger partial charge in [-0.25, -0.2) is 9.67 Å². The summed E-state index contributed by atoms with van der Waals surface area (Å²) in [6, 6.07) is 0. The molecular formula is C17H26N8OS. The highest BCUT2D eigenvalue weighted by Gasteiger charge is 2.21. The van der Waals surface area contributed by atoms with E-state index in [0.717, 1.165) is 52.1 Å². The van der Waals surface area contributed by atoms with Crippen LogP contribution in [0.4, 0.5) is 5.13 Å². The van der Waals surface area contributed by atoms with E-state index in [1.165, 1.54) is 33.9 Å². The molecule has 4 rings (SSSR count). The minimum atomic E-state index is -0.0381. The number of rotatable bonds is 7. The molecule has 0 bridgehead atoms. The molecule has 2 aromatic rings. The van der Waals surface area contributed by atoms with Crippen molar-refractivity contribution in [2.45, 2.75) is 38.8 Å². The van der Waals surface area contributed by atoms with Gasteiger partial charge in [-0.05, 0) is 55.1 Å². The molecule has 0 atom stereocenters. The Morgan fingerprint density at radius 2 is 2.04 bits per heavy atom. The van der Waals surface area contributed by atoms with Crippen molar-refractivity contribution in [2.24, 2.45) is 5.92 Å². The van der Waals surface area contributed by atoms with Gasteiger partial charge in [0.05, 0.1) is 0 Å². The van der Waals surface area contributed by atoms with Gasteiger partial charge >= 0.3 is 0 Å². The Balaban J connectivity index is 1.16. The zero-order chi connectivity index (χ0) is 18.5. The van der Waals surface area contributed by atoms with Gasteiger partial charge in [-0.15, -0.1) is 16.4 Å². The quantitative estimate of drug-likeness (QED) is 0.746. The monoisotopic (exact) mass is 390 g/mol. The van der Waals surface area contributed by atoms with E-state index >= 15 is 0 Å². The summed E-state index contributed by atoms with van der Waals surface area (Å²) in [5.74, 6) is 0.504. The van der Waals surface area contributed by atoms with Crippen molar-refractivity contribution in [1.29, 1.82) is 0 Å². The van der Waals surface area contributed by atoms with E-state index in [1.54, 1.807) is 0 Å². The van der Waals surface area contributed by atoms with Crippen LogP contribution in [0.1, 0.15) is 30.6 Å². The molecule has 4 heterocycles. The van der Waals surface area contributed by atoms with Gasteiger partial charge in [0.25, 0.3) is 0 Å². The number of carbonyl (C=O) groups excluding carboxylic acids is 1. The second kappa shape index (κ2) is 8.75. The highest BCUT2D eigenvalue weighted by atomic mass is 32.1. The summed E-state index contributed by atoms with van der Waals surface area (Å²) >= 11 is 1.84. The van der Waals surface area contributed by atoms with Gasteiger partial charge in [0.1, 0.15) is 12.9 Å². The van der Waals surface area contributed by atoms with Gasteiger partial charge in [0.2, 0.25) is 5.91 Å². The number of carbonyl (C=O) groups is 1. The molecule has 0 aliphatic carbocycles. The van der Waals surface area contributed by atoms with Crippen molar-refractivity contribution >= 4 is 22.4 Å². The van der Waals surface area contributed by atoms with Gasteiger partial charge in [-0.2, -0.15) is 0 Å². The summed E-state index contributed by atoms with van der Waals surface area (Å²) in [6.45, 7) is 6.35. The lowest BCUT2D eigenvalue weighted by Crippen LogP contribution is -2.39. The summed E-state index contributed by atoms with van der Waals surface area (Å²) in [7, 11) is 0. The fourth-order valence-electron chi connectivity index (χ4n) is 3.71. The highest BCUT2D eigenvalue weighted by Crippen LogP contribution is 2.27. The van der Waals surface area contributed by atoms with Gasteiger partial charge in [0.15, 0.2) is 5.13 Å². The Hall–Kier alpha value is -2.07.